The highest BCUT2D eigenvalue weighted by Gasteiger charge is 2.13. The second-order valence-electron chi connectivity index (χ2n) is 4.54. The monoisotopic (exact) mass is 274 g/mol. The molecule has 0 unspecified atom stereocenters. The van der Waals surface area contributed by atoms with Crippen molar-refractivity contribution in [1.82, 2.24) is 20.2 Å². The van der Waals surface area contributed by atoms with Gasteiger partial charge in [-0.05, 0) is 35.0 Å². The van der Waals surface area contributed by atoms with E-state index in [1.54, 1.807) is 12.1 Å². The number of hydrogen-bond donors (Lipinski definition) is 2. The molecule has 2 rings (SSSR count). The second-order valence-corrected chi connectivity index (χ2v) is 4.54. The van der Waals surface area contributed by atoms with Crippen molar-refractivity contribution >= 4 is 11.6 Å². The van der Waals surface area contributed by atoms with Gasteiger partial charge in [-0.3, -0.25) is 4.79 Å². The van der Waals surface area contributed by atoms with Gasteiger partial charge in [-0.25, -0.2) is 4.68 Å². The summed E-state index contributed by atoms with van der Waals surface area (Å²) in [6.45, 7) is 2.07. The van der Waals surface area contributed by atoms with Gasteiger partial charge in [0.15, 0.2) is 0 Å². The number of nitrogens with zero attached hydrogens (tertiary/aromatic N) is 4. The largest absolute Gasteiger partial charge is 0.325 e. The van der Waals surface area contributed by atoms with Crippen molar-refractivity contribution in [1.29, 1.82) is 0 Å². The number of amides is 1. The van der Waals surface area contributed by atoms with Gasteiger partial charge in [0.05, 0.1) is 11.7 Å². The molecule has 1 aromatic heterocycles. The van der Waals surface area contributed by atoms with E-state index in [-0.39, 0.29) is 5.91 Å². The number of benzene rings is 1. The number of rotatable bonds is 6. The lowest BCUT2D eigenvalue weighted by Gasteiger charge is -2.12. The topological polar surface area (TPSA) is 98.7 Å². The number of nitrogens with two attached hydrogens (primary N) is 1. The lowest BCUT2D eigenvalue weighted by atomic mass is 10.1. The maximum atomic E-state index is 11.9. The van der Waals surface area contributed by atoms with E-state index in [2.05, 4.69) is 27.8 Å². The van der Waals surface area contributed by atoms with Crippen LogP contribution in [0.15, 0.2) is 30.6 Å². The molecular weight excluding hydrogens is 256 g/mol. The van der Waals surface area contributed by atoms with E-state index in [9.17, 15) is 4.79 Å². The lowest BCUT2D eigenvalue weighted by molar-refractivity contribution is -0.117. The molecule has 0 aliphatic carbocycles. The number of carbonyl (C=O) groups excluding carboxylic acids is 1. The molecule has 0 aliphatic rings. The third-order valence-electron chi connectivity index (χ3n) is 2.93. The minimum atomic E-state index is -0.480. The molecule has 106 valence electrons. The summed E-state index contributed by atoms with van der Waals surface area (Å²) in [5.41, 5.74) is 7.28. The second kappa shape index (κ2) is 6.76. The zero-order chi connectivity index (χ0) is 14.4. The molecule has 0 saturated carbocycles. The molecule has 0 spiro atoms. The molecule has 1 aromatic carbocycles. The summed E-state index contributed by atoms with van der Waals surface area (Å²) < 4.78 is 1.52. The van der Waals surface area contributed by atoms with Crippen LogP contribution >= 0.6 is 0 Å². The summed E-state index contributed by atoms with van der Waals surface area (Å²) in [7, 11) is 0. The van der Waals surface area contributed by atoms with Crippen molar-refractivity contribution in [2.45, 2.75) is 32.2 Å². The lowest BCUT2D eigenvalue weighted by Crippen LogP contribution is -2.35. The van der Waals surface area contributed by atoms with Crippen LogP contribution in [-0.4, -0.2) is 32.2 Å². The van der Waals surface area contributed by atoms with Gasteiger partial charge >= 0.3 is 0 Å². The van der Waals surface area contributed by atoms with E-state index < -0.39 is 6.04 Å². The Morgan fingerprint density at radius 1 is 1.50 bits per heavy atom. The molecular formula is C13H18N6O. The Labute approximate surface area is 117 Å². The molecule has 1 heterocycles. The summed E-state index contributed by atoms with van der Waals surface area (Å²) in [6, 6.07) is 6.79. The van der Waals surface area contributed by atoms with Crippen molar-refractivity contribution in [3.05, 3.63) is 30.6 Å². The Morgan fingerprint density at radius 3 is 3.05 bits per heavy atom. The van der Waals surface area contributed by atoms with E-state index in [4.69, 9.17) is 5.73 Å². The third-order valence-corrected chi connectivity index (χ3v) is 2.93. The van der Waals surface area contributed by atoms with Crippen molar-refractivity contribution in [3.8, 4) is 5.69 Å². The highest BCUT2D eigenvalue weighted by atomic mass is 16.2. The number of unbranched alkanes of at least 4 members (excludes halogenated alkanes) is 1. The zero-order valence-corrected chi connectivity index (χ0v) is 11.4. The van der Waals surface area contributed by atoms with Crippen LogP contribution in [0.25, 0.3) is 5.69 Å². The predicted octanol–water partition coefficient (Wildman–Crippen LogP) is 1.12. The maximum Gasteiger partial charge on any atom is 0.241 e. The van der Waals surface area contributed by atoms with Crippen LogP contribution in [0.4, 0.5) is 5.69 Å². The fraction of sp³-hybridized carbons (Fsp3) is 0.385. The van der Waals surface area contributed by atoms with Crippen LogP contribution < -0.4 is 11.1 Å². The molecule has 2 aromatic rings. The first-order chi connectivity index (χ1) is 9.70. The van der Waals surface area contributed by atoms with Gasteiger partial charge in [0, 0.05) is 5.69 Å². The molecule has 0 bridgehead atoms. The highest BCUT2D eigenvalue weighted by molar-refractivity contribution is 5.94. The highest BCUT2D eigenvalue weighted by Crippen LogP contribution is 2.14. The van der Waals surface area contributed by atoms with E-state index in [1.807, 2.05) is 12.1 Å². The predicted molar refractivity (Wildman–Crippen MR) is 75.3 cm³/mol. The number of tetrazole rings is 1. The van der Waals surface area contributed by atoms with Gasteiger partial charge in [-0.2, -0.15) is 0 Å². The van der Waals surface area contributed by atoms with Gasteiger partial charge in [0.2, 0.25) is 5.91 Å². The minimum Gasteiger partial charge on any atom is -0.325 e. The minimum absolute atomic E-state index is 0.174. The Kier molecular flexibility index (Phi) is 4.78. The number of anilines is 1. The number of aromatic nitrogens is 4. The fourth-order valence-electron chi connectivity index (χ4n) is 1.80. The summed E-state index contributed by atoms with van der Waals surface area (Å²) >= 11 is 0. The summed E-state index contributed by atoms with van der Waals surface area (Å²) in [6.07, 6.45) is 4.15. The van der Waals surface area contributed by atoms with Crippen LogP contribution in [0.3, 0.4) is 0 Å². The first kappa shape index (κ1) is 14.1. The Bertz CT molecular complexity index is 554. The quantitative estimate of drug-likeness (QED) is 0.822. The zero-order valence-electron chi connectivity index (χ0n) is 11.4. The SMILES string of the molecule is CCCC[C@H](N)C(=O)Nc1cccc(-n2cnnn2)c1. The van der Waals surface area contributed by atoms with Crippen LogP contribution in [-0.2, 0) is 4.79 Å². The molecule has 0 saturated heterocycles. The smallest absolute Gasteiger partial charge is 0.241 e. The molecule has 7 nitrogen and oxygen atoms in total. The van der Waals surface area contributed by atoms with E-state index in [0.717, 1.165) is 18.5 Å². The normalized spacial score (nSPS) is 12.1. The molecule has 1 atom stereocenters. The summed E-state index contributed by atoms with van der Waals surface area (Å²) in [5, 5.41) is 13.8. The van der Waals surface area contributed by atoms with Crippen molar-refractivity contribution in [2.24, 2.45) is 5.73 Å². The van der Waals surface area contributed by atoms with Crippen LogP contribution in [0, 0.1) is 0 Å². The fourth-order valence-corrected chi connectivity index (χ4v) is 1.80. The van der Waals surface area contributed by atoms with Gasteiger partial charge in [0.25, 0.3) is 0 Å². The molecule has 3 N–H and O–H groups in total. The van der Waals surface area contributed by atoms with Crippen molar-refractivity contribution in [2.75, 3.05) is 5.32 Å². The molecule has 0 fully saturated rings. The van der Waals surface area contributed by atoms with E-state index in [1.165, 1.54) is 11.0 Å². The number of hydrogen-bond acceptors (Lipinski definition) is 5. The van der Waals surface area contributed by atoms with Crippen LogP contribution in [0.5, 0.6) is 0 Å². The van der Waals surface area contributed by atoms with Crippen molar-refractivity contribution < 1.29 is 4.79 Å². The van der Waals surface area contributed by atoms with Crippen LogP contribution in [0.2, 0.25) is 0 Å². The molecule has 0 aliphatic heterocycles. The van der Waals surface area contributed by atoms with Gasteiger partial charge < -0.3 is 11.1 Å². The summed E-state index contributed by atoms with van der Waals surface area (Å²) in [5.74, 6) is -0.174. The average molecular weight is 274 g/mol. The Hall–Kier alpha value is -2.28. The maximum absolute atomic E-state index is 11.9. The Balaban J connectivity index is 2.03. The molecule has 20 heavy (non-hydrogen) atoms. The van der Waals surface area contributed by atoms with E-state index in [0.29, 0.717) is 12.1 Å². The molecule has 0 radical (unpaired) electrons. The van der Waals surface area contributed by atoms with E-state index >= 15 is 0 Å². The first-order valence-corrected chi connectivity index (χ1v) is 6.60. The standard InChI is InChI=1S/C13H18N6O/c1-2-3-7-12(14)13(20)16-10-5-4-6-11(8-10)19-9-15-17-18-19/h4-6,8-9,12H,2-3,7,14H2,1H3,(H,16,20)/t12-/m0/s1. The number of nitrogens with one attached hydrogen (secondary N) is 1. The Morgan fingerprint density at radius 2 is 2.35 bits per heavy atom. The van der Waals surface area contributed by atoms with Crippen LogP contribution in [0.1, 0.15) is 26.2 Å². The molecule has 7 heteroatoms. The first-order valence-electron chi connectivity index (χ1n) is 6.60. The van der Waals surface area contributed by atoms with Gasteiger partial charge in [-0.1, -0.05) is 25.8 Å². The summed E-state index contributed by atoms with van der Waals surface area (Å²) in [4.78, 5) is 11.9. The molecule has 1 amide bonds. The van der Waals surface area contributed by atoms with Gasteiger partial charge in [0.1, 0.15) is 6.33 Å². The third kappa shape index (κ3) is 3.61. The van der Waals surface area contributed by atoms with Crippen molar-refractivity contribution in [3.63, 3.8) is 0 Å². The average Bonchev–Trinajstić information content (AvgIpc) is 2.99. The van der Waals surface area contributed by atoms with Gasteiger partial charge in [-0.15, -0.1) is 5.10 Å². The number of carbonyl (C=O) groups is 1.